The molecule has 0 unspecified atom stereocenters. The second-order valence-electron chi connectivity index (χ2n) is 8.79. The Balaban J connectivity index is 1.05. The van der Waals surface area contributed by atoms with Crippen molar-refractivity contribution < 1.29 is 4.79 Å². The zero-order valence-electron chi connectivity index (χ0n) is 18.3. The van der Waals surface area contributed by atoms with E-state index in [2.05, 4.69) is 25.0 Å². The Labute approximate surface area is 206 Å². The number of halogens is 2. The average Bonchev–Trinajstić information content (AvgIpc) is 3.47. The monoisotopic (exact) mass is 494 g/mol. The minimum absolute atomic E-state index is 0.0102. The van der Waals surface area contributed by atoms with Gasteiger partial charge in [-0.25, -0.2) is 9.97 Å². The van der Waals surface area contributed by atoms with E-state index in [1.807, 2.05) is 34.2 Å². The molecule has 0 bridgehead atoms. The van der Waals surface area contributed by atoms with Crippen LogP contribution in [0.5, 0.6) is 0 Å². The van der Waals surface area contributed by atoms with E-state index in [0.717, 1.165) is 61.3 Å². The number of rotatable bonds is 4. The Kier molecular flexibility index (Phi) is 5.51. The summed E-state index contributed by atoms with van der Waals surface area (Å²) in [6, 6.07) is 8.71. The first-order valence-electron chi connectivity index (χ1n) is 11.2. The van der Waals surface area contributed by atoms with E-state index >= 15 is 0 Å². The molecule has 2 aliphatic heterocycles. The smallest absolute Gasteiger partial charge is 0.253 e. The molecule has 1 radical (unpaired) electrons. The third-order valence-corrected chi connectivity index (χ3v) is 7.12. The van der Waals surface area contributed by atoms with E-state index in [-0.39, 0.29) is 5.91 Å². The number of likely N-dealkylation sites (tertiary alicyclic amines) is 2. The molecular weight excluding hydrogens is 473 g/mol. The molecule has 1 N–H and O–H groups in total. The van der Waals surface area contributed by atoms with Crippen LogP contribution in [-0.4, -0.2) is 72.7 Å². The van der Waals surface area contributed by atoms with Gasteiger partial charge in [0.1, 0.15) is 18.0 Å². The number of piperidine rings is 1. The van der Waals surface area contributed by atoms with Crippen molar-refractivity contribution in [3.8, 4) is 11.3 Å². The van der Waals surface area contributed by atoms with Crippen LogP contribution in [-0.2, 0) is 0 Å². The maximum absolute atomic E-state index is 12.9. The number of amides is 1. The molecule has 4 aromatic rings. The molecule has 2 aliphatic rings. The van der Waals surface area contributed by atoms with Gasteiger partial charge < -0.3 is 9.88 Å². The molecule has 2 saturated heterocycles. The molecule has 5 heterocycles. The van der Waals surface area contributed by atoms with Crippen molar-refractivity contribution in [2.75, 3.05) is 26.2 Å². The lowest BCUT2D eigenvalue weighted by molar-refractivity contribution is 0.0515. The van der Waals surface area contributed by atoms with Gasteiger partial charge in [-0.3, -0.25) is 14.4 Å². The zero-order valence-corrected chi connectivity index (χ0v) is 19.8. The molecular formula is C24H22Cl2N7O. The average molecular weight is 495 g/mol. The fourth-order valence-electron chi connectivity index (χ4n) is 4.84. The number of benzene rings is 1. The summed E-state index contributed by atoms with van der Waals surface area (Å²) in [5.41, 5.74) is 3.23. The molecule has 1 aromatic carbocycles. The van der Waals surface area contributed by atoms with Crippen LogP contribution in [0.2, 0.25) is 10.0 Å². The summed E-state index contributed by atoms with van der Waals surface area (Å²) in [7, 11) is 0. The van der Waals surface area contributed by atoms with Crippen molar-refractivity contribution in [1.29, 1.82) is 0 Å². The van der Waals surface area contributed by atoms with Gasteiger partial charge in [-0.2, -0.15) is 5.10 Å². The summed E-state index contributed by atoms with van der Waals surface area (Å²) < 4.78 is 1.97. The second kappa shape index (κ2) is 8.69. The van der Waals surface area contributed by atoms with Crippen molar-refractivity contribution in [2.24, 2.45) is 0 Å². The highest BCUT2D eigenvalue weighted by Crippen LogP contribution is 2.30. The van der Waals surface area contributed by atoms with E-state index in [1.54, 1.807) is 24.5 Å². The zero-order chi connectivity index (χ0) is 23.2. The summed E-state index contributed by atoms with van der Waals surface area (Å²) in [5.74, 6) is -0.0102. The lowest BCUT2D eigenvalue weighted by atomic mass is 9.97. The number of hydrogen-bond donors (Lipinski definition) is 1. The van der Waals surface area contributed by atoms with Gasteiger partial charge in [-0.05, 0) is 37.1 Å². The Bertz CT molecular complexity index is 1330. The predicted molar refractivity (Wildman–Crippen MR) is 131 cm³/mol. The largest absolute Gasteiger partial charge is 0.346 e. The molecule has 6 rings (SSSR count). The summed E-state index contributed by atoms with van der Waals surface area (Å²) in [6.45, 7) is 3.22. The van der Waals surface area contributed by atoms with Crippen LogP contribution in [0.3, 0.4) is 0 Å². The van der Waals surface area contributed by atoms with Gasteiger partial charge in [0.05, 0.1) is 11.9 Å². The summed E-state index contributed by atoms with van der Waals surface area (Å²) in [4.78, 5) is 29.0. The van der Waals surface area contributed by atoms with Crippen molar-refractivity contribution in [1.82, 2.24) is 34.5 Å². The van der Waals surface area contributed by atoms with Gasteiger partial charge in [0, 0.05) is 71.2 Å². The van der Waals surface area contributed by atoms with Crippen LogP contribution in [0.1, 0.15) is 23.2 Å². The molecule has 2 fully saturated rings. The predicted octanol–water partition coefficient (Wildman–Crippen LogP) is 4.13. The fourth-order valence-corrected chi connectivity index (χ4v) is 5.37. The van der Waals surface area contributed by atoms with Crippen LogP contribution >= 0.6 is 23.2 Å². The number of aromatic nitrogens is 5. The van der Waals surface area contributed by atoms with Gasteiger partial charge in [0.2, 0.25) is 0 Å². The summed E-state index contributed by atoms with van der Waals surface area (Å²) >= 11 is 12.1. The van der Waals surface area contributed by atoms with Gasteiger partial charge in [0.25, 0.3) is 5.91 Å². The number of H-pyrrole nitrogens is 1. The molecule has 3 aromatic heterocycles. The van der Waals surface area contributed by atoms with Crippen LogP contribution in [0, 0.1) is 6.04 Å². The number of aromatic amines is 1. The van der Waals surface area contributed by atoms with E-state index < -0.39 is 0 Å². The van der Waals surface area contributed by atoms with Crippen LogP contribution < -0.4 is 0 Å². The van der Waals surface area contributed by atoms with Crippen LogP contribution in [0.25, 0.3) is 22.3 Å². The maximum atomic E-state index is 12.9. The number of hydrogen-bond acceptors (Lipinski definition) is 5. The van der Waals surface area contributed by atoms with E-state index in [4.69, 9.17) is 23.2 Å². The SMILES string of the molecule is O=C(c1cc(Cl)cc(Cl)c1)N1CCC(N2C[C](n3cc(-c4ncnc5[nH]ccc45)cn3)C2)CC1. The van der Waals surface area contributed by atoms with E-state index in [0.29, 0.717) is 21.7 Å². The summed E-state index contributed by atoms with van der Waals surface area (Å²) in [6.07, 6.45) is 9.24. The first-order chi connectivity index (χ1) is 16.5. The second-order valence-corrected chi connectivity index (χ2v) is 9.66. The number of nitrogens with one attached hydrogen (secondary N) is 1. The fraction of sp³-hybridized carbons (Fsp3) is 0.292. The molecule has 10 heteroatoms. The highest BCUT2D eigenvalue weighted by molar-refractivity contribution is 6.35. The van der Waals surface area contributed by atoms with E-state index in [9.17, 15) is 4.79 Å². The normalized spacial score (nSPS) is 17.9. The topological polar surface area (TPSA) is 82.9 Å². The quantitative estimate of drug-likeness (QED) is 0.461. The highest BCUT2D eigenvalue weighted by atomic mass is 35.5. The maximum Gasteiger partial charge on any atom is 0.253 e. The van der Waals surface area contributed by atoms with Crippen LogP contribution in [0.15, 0.2) is 49.2 Å². The van der Waals surface area contributed by atoms with Crippen molar-refractivity contribution in [2.45, 2.75) is 18.9 Å². The lowest BCUT2D eigenvalue weighted by Gasteiger charge is -2.46. The van der Waals surface area contributed by atoms with Crippen molar-refractivity contribution >= 4 is 40.1 Å². The van der Waals surface area contributed by atoms with Crippen LogP contribution in [0.4, 0.5) is 0 Å². The Morgan fingerprint density at radius 2 is 1.82 bits per heavy atom. The molecule has 0 saturated carbocycles. The van der Waals surface area contributed by atoms with Gasteiger partial charge in [-0.15, -0.1) is 0 Å². The molecule has 34 heavy (non-hydrogen) atoms. The first-order valence-corrected chi connectivity index (χ1v) is 12.0. The number of carbonyl (C=O) groups is 1. The van der Waals surface area contributed by atoms with Gasteiger partial charge in [-0.1, -0.05) is 23.2 Å². The minimum Gasteiger partial charge on any atom is -0.346 e. The summed E-state index contributed by atoms with van der Waals surface area (Å²) in [5, 5.41) is 6.53. The number of nitrogens with zero attached hydrogens (tertiary/aromatic N) is 6. The molecule has 0 atom stereocenters. The standard InChI is InChI=1S/C24H22Cl2N7O/c25-17-7-15(8-18(26)9-17)24(34)31-5-2-19(3-6-31)32-12-20(13-32)33-11-16(10-30-33)22-21-1-4-27-23(21)29-14-28-22/h1,4,7-11,14,19H,2-3,5-6,12-13H2,(H,27,28,29). The number of fused-ring (bicyclic) bond motifs is 1. The number of carbonyl (C=O) groups excluding carboxylic acids is 1. The highest BCUT2D eigenvalue weighted by Gasteiger charge is 2.37. The first kappa shape index (κ1) is 21.6. The molecule has 173 valence electrons. The molecule has 8 nitrogen and oxygen atoms in total. The Morgan fingerprint density at radius 3 is 2.59 bits per heavy atom. The lowest BCUT2D eigenvalue weighted by Crippen LogP contribution is -2.56. The Hall–Kier alpha value is -2.94. The molecule has 0 aliphatic carbocycles. The van der Waals surface area contributed by atoms with Gasteiger partial charge in [0.15, 0.2) is 0 Å². The third-order valence-electron chi connectivity index (χ3n) is 6.68. The van der Waals surface area contributed by atoms with Gasteiger partial charge >= 0.3 is 0 Å². The minimum atomic E-state index is -0.0102. The molecule has 1 amide bonds. The van der Waals surface area contributed by atoms with E-state index in [1.165, 1.54) is 6.04 Å². The van der Waals surface area contributed by atoms with Crippen molar-refractivity contribution in [3.05, 3.63) is 70.8 Å². The van der Waals surface area contributed by atoms with Crippen molar-refractivity contribution in [3.63, 3.8) is 0 Å². The Morgan fingerprint density at radius 1 is 1.06 bits per heavy atom. The third kappa shape index (κ3) is 3.96. The molecule has 0 spiro atoms.